The van der Waals surface area contributed by atoms with Crippen molar-refractivity contribution < 1.29 is 29.4 Å². The molecule has 3 unspecified atom stereocenters. The molecule has 0 aromatic rings. The number of aliphatic hydroxyl groups excluding tert-OH is 1. The van der Waals surface area contributed by atoms with E-state index in [0.29, 0.717) is 6.42 Å². The number of hydrogen-bond donors (Lipinski definition) is 8. The van der Waals surface area contributed by atoms with Crippen LogP contribution >= 0.6 is 0 Å². The van der Waals surface area contributed by atoms with E-state index in [0.717, 1.165) is 0 Å². The maximum Gasteiger partial charge on any atom is 0.325 e. The number of carbonyl (C=O) groups excluding carboxylic acids is 3. The molecule has 0 bridgehead atoms. The highest BCUT2D eigenvalue weighted by atomic mass is 16.4. The number of carboxylic acid groups (broad SMARTS) is 1. The number of rotatable bonds is 12. The van der Waals surface area contributed by atoms with Crippen LogP contribution in [0.5, 0.6) is 0 Å². The summed E-state index contributed by atoms with van der Waals surface area (Å²) in [4.78, 5) is 50.4. The zero-order chi connectivity index (χ0) is 21.0. The molecule has 0 aromatic heterocycles. The monoisotopic (exact) mass is 389 g/mol. The zero-order valence-electron chi connectivity index (χ0n) is 15.0. The molecule has 13 nitrogen and oxygen atoms in total. The highest BCUT2D eigenvalue weighted by molar-refractivity contribution is 5.93. The van der Waals surface area contributed by atoms with Crippen molar-refractivity contribution in [3.05, 3.63) is 0 Å². The maximum atomic E-state index is 12.3. The minimum atomic E-state index is -1.31. The number of nitrogens with one attached hydrogen (secondary N) is 3. The average molecular weight is 389 g/mol. The summed E-state index contributed by atoms with van der Waals surface area (Å²) < 4.78 is 0. The molecule has 3 amide bonds. The fourth-order valence-corrected chi connectivity index (χ4v) is 1.87. The summed E-state index contributed by atoms with van der Waals surface area (Å²) in [6.07, 6.45) is 0.389. The Balaban J connectivity index is 5.05. The predicted molar refractivity (Wildman–Crippen MR) is 95.2 cm³/mol. The molecule has 154 valence electrons. The lowest BCUT2D eigenvalue weighted by molar-refractivity contribution is -0.141. The van der Waals surface area contributed by atoms with Crippen molar-refractivity contribution in [3.63, 3.8) is 0 Å². The van der Waals surface area contributed by atoms with Crippen molar-refractivity contribution in [2.75, 3.05) is 19.7 Å². The Hall–Kier alpha value is -2.93. The van der Waals surface area contributed by atoms with E-state index in [1.54, 1.807) is 0 Å². The quantitative estimate of drug-likeness (QED) is 0.0911. The number of hydrogen-bond acceptors (Lipinski definition) is 7. The van der Waals surface area contributed by atoms with Crippen LogP contribution in [0.25, 0.3) is 0 Å². The topological polar surface area (TPSA) is 235 Å². The van der Waals surface area contributed by atoms with E-state index in [1.165, 1.54) is 6.92 Å². The Morgan fingerprint density at radius 3 is 2.11 bits per heavy atom. The number of carboxylic acids is 1. The molecule has 0 saturated heterocycles. The summed E-state index contributed by atoms with van der Waals surface area (Å²) in [5.74, 6) is -3.63. The van der Waals surface area contributed by atoms with E-state index in [-0.39, 0.29) is 25.5 Å². The lowest BCUT2D eigenvalue weighted by atomic mass is 10.1. The van der Waals surface area contributed by atoms with Gasteiger partial charge in [-0.15, -0.1) is 0 Å². The van der Waals surface area contributed by atoms with E-state index < -0.39 is 48.4 Å². The fraction of sp³-hybridized carbons (Fsp3) is 0.643. The van der Waals surface area contributed by atoms with Gasteiger partial charge in [-0.3, -0.25) is 24.2 Å². The number of nitrogens with zero attached hydrogens (tertiary/aromatic N) is 1. The van der Waals surface area contributed by atoms with Gasteiger partial charge in [0.1, 0.15) is 18.1 Å². The Morgan fingerprint density at radius 2 is 1.63 bits per heavy atom. The van der Waals surface area contributed by atoms with Gasteiger partial charge in [0, 0.05) is 6.54 Å². The summed E-state index contributed by atoms with van der Waals surface area (Å²) in [5, 5.41) is 24.9. The predicted octanol–water partition coefficient (Wildman–Crippen LogP) is -4.45. The van der Waals surface area contributed by atoms with Gasteiger partial charge in [0.25, 0.3) is 0 Å². The third kappa shape index (κ3) is 9.96. The molecule has 0 heterocycles. The smallest absolute Gasteiger partial charge is 0.325 e. The molecule has 13 heteroatoms. The van der Waals surface area contributed by atoms with Crippen LogP contribution in [0.3, 0.4) is 0 Å². The van der Waals surface area contributed by atoms with Crippen molar-refractivity contribution in [3.8, 4) is 0 Å². The molecule has 0 saturated carbocycles. The maximum absolute atomic E-state index is 12.3. The van der Waals surface area contributed by atoms with Gasteiger partial charge in [0.15, 0.2) is 5.96 Å². The summed E-state index contributed by atoms with van der Waals surface area (Å²) in [6.45, 7) is 0.341. The van der Waals surface area contributed by atoms with Gasteiger partial charge in [-0.1, -0.05) is 0 Å². The summed E-state index contributed by atoms with van der Waals surface area (Å²) in [7, 11) is 0. The Kier molecular flexibility index (Phi) is 11.1. The molecular weight excluding hydrogens is 362 g/mol. The van der Waals surface area contributed by atoms with Gasteiger partial charge >= 0.3 is 5.97 Å². The second-order valence-corrected chi connectivity index (χ2v) is 5.59. The molecule has 0 aliphatic rings. The number of carbonyl (C=O) groups is 4. The van der Waals surface area contributed by atoms with Crippen LogP contribution in [0, 0.1) is 0 Å². The van der Waals surface area contributed by atoms with Gasteiger partial charge in [-0.25, -0.2) is 0 Å². The van der Waals surface area contributed by atoms with Gasteiger partial charge in [-0.2, -0.15) is 0 Å². The number of aliphatic imine (C=N–C) groups is 1. The van der Waals surface area contributed by atoms with Gasteiger partial charge in [-0.05, 0) is 19.8 Å². The Morgan fingerprint density at radius 1 is 1.04 bits per heavy atom. The Bertz CT molecular complexity index is 564. The largest absolute Gasteiger partial charge is 0.480 e. The first-order valence-corrected chi connectivity index (χ1v) is 8.11. The van der Waals surface area contributed by atoms with Crippen LogP contribution < -0.4 is 33.2 Å². The molecule has 0 aliphatic carbocycles. The van der Waals surface area contributed by atoms with E-state index in [4.69, 9.17) is 22.3 Å². The summed E-state index contributed by atoms with van der Waals surface area (Å²) in [6, 6.07) is -3.62. The van der Waals surface area contributed by atoms with Crippen molar-refractivity contribution in [2.24, 2.45) is 22.2 Å². The standard InChI is InChI=1S/C14H27N7O6/c1-7(13(26)27)19-11(24)8(3-2-4-18-14(16)17)21-12(25)9(6-22)20-10(23)5-15/h7-9,22H,2-6,15H2,1H3,(H,19,24)(H,20,23)(H,21,25)(H,26,27)(H4,16,17,18). The number of aliphatic carboxylic acids is 1. The van der Waals surface area contributed by atoms with Crippen LogP contribution in [0.4, 0.5) is 0 Å². The molecule has 3 atom stereocenters. The van der Waals surface area contributed by atoms with Crippen LogP contribution in [-0.4, -0.2) is 77.7 Å². The van der Waals surface area contributed by atoms with Crippen molar-refractivity contribution in [1.82, 2.24) is 16.0 Å². The minimum Gasteiger partial charge on any atom is -0.480 e. The van der Waals surface area contributed by atoms with E-state index >= 15 is 0 Å². The van der Waals surface area contributed by atoms with Crippen molar-refractivity contribution in [1.29, 1.82) is 0 Å². The average Bonchev–Trinajstić information content (AvgIpc) is 2.60. The first kappa shape index (κ1) is 24.1. The number of aliphatic hydroxyl groups is 1. The lowest BCUT2D eigenvalue weighted by Gasteiger charge is -2.22. The molecular formula is C14H27N7O6. The SMILES string of the molecule is CC(NC(=O)C(CCCN=C(N)N)NC(=O)C(CO)NC(=O)CN)C(=O)O. The first-order valence-electron chi connectivity index (χ1n) is 8.11. The van der Waals surface area contributed by atoms with Gasteiger partial charge < -0.3 is 43.4 Å². The van der Waals surface area contributed by atoms with Gasteiger partial charge in [0.05, 0.1) is 13.2 Å². The zero-order valence-corrected chi connectivity index (χ0v) is 15.0. The summed E-state index contributed by atoms with van der Waals surface area (Å²) in [5.41, 5.74) is 15.5. The van der Waals surface area contributed by atoms with E-state index in [2.05, 4.69) is 20.9 Å². The second-order valence-electron chi connectivity index (χ2n) is 5.59. The highest BCUT2D eigenvalue weighted by Gasteiger charge is 2.27. The third-order valence-corrected chi connectivity index (χ3v) is 3.33. The van der Waals surface area contributed by atoms with Crippen LogP contribution in [0.1, 0.15) is 19.8 Å². The van der Waals surface area contributed by atoms with Crippen molar-refractivity contribution in [2.45, 2.75) is 37.9 Å². The molecule has 0 spiro atoms. The normalized spacial score (nSPS) is 13.6. The van der Waals surface area contributed by atoms with E-state index in [9.17, 15) is 24.3 Å². The number of amides is 3. The lowest BCUT2D eigenvalue weighted by Crippen LogP contribution is -2.56. The first-order chi connectivity index (χ1) is 12.6. The molecule has 27 heavy (non-hydrogen) atoms. The molecule has 0 aromatic carbocycles. The minimum absolute atomic E-state index is 0.0870. The van der Waals surface area contributed by atoms with E-state index in [1.807, 2.05) is 0 Å². The third-order valence-electron chi connectivity index (χ3n) is 3.33. The number of guanidine groups is 1. The van der Waals surface area contributed by atoms with Gasteiger partial charge in [0.2, 0.25) is 17.7 Å². The molecule has 0 rings (SSSR count). The fourth-order valence-electron chi connectivity index (χ4n) is 1.87. The summed E-state index contributed by atoms with van der Waals surface area (Å²) >= 11 is 0. The number of nitrogens with two attached hydrogens (primary N) is 3. The van der Waals surface area contributed by atoms with Crippen LogP contribution in [0.2, 0.25) is 0 Å². The van der Waals surface area contributed by atoms with Crippen LogP contribution in [0.15, 0.2) is 4.99 Å². The molecule has 0 aliphatic heterocycles. The Labute approximate surface area is 155 Å². The van der Waals surface area contributed by atoms with Crippen molar-refractivity contribution >= 4 is 29.7 Å². The van der Waals surface area contributed by atoms with Crippen LogP contribution in [-0.2, 0) is 19.2 Å². The second kappa shape index (κ2) is 12.4. The molecule has 0 fully saturated rings. The highest BCUT2D eigenvalue weighted by Crippen LogP contribution is 2.01. The molecule has 11 N–H and O–H groups in total. The molecule has 0 radical (unpaired) electrons.